The van der Waals surface area contributed by atoms with Gasteiger partial charge in [-0.15, -0.1) is 6.42 Å². The predicted molar refractivity (Wildman–Crippen MR) is 74.2 cm³/mol. The van der Waals surface area contributed by atoms with Crippen LogP contribution in [0.2, 0.25) is 0 Å². The van der Waals surface area contributed by atoms with Crippen molar-refractivity contribution in [3.63, 3.8) is 0 Å². The van der Waals surface area contributed by atoms with Gasteiger partial charge in [0.15, 0.2) is 0 Å². The zero-order valence-electron chi connectivity index (χ0n) is 11.6. The number of hydrogen-bond donors (Lipinski definition) is 1. The Labute approximate surface area is 111 Å². The van der Waals surface area contributed by atoms with Crippen LogP contribution in [0.3, 0.4) is 0 Å². The minimum atomic E-state index is 0.279. The van der Waals surface area contributed by atoms with E-state index in [1.807, 2.05) is 4.90 Å². The van der Waals surface area contributed by atoms with E-state index in [2.05, 4.69) is 30.0 Å². The topological polar surface area (TPSA) is 35.6 Å². The summed E-state index contributed by atoms with van der Waals surface area (Å²) in [5.41, 5.74) is 0. The minimum absolute atomic E-state index is 0.279. The summed E-state index contributed by atoms with van der Waals surface area (Å²) in [6.07, 6.45) is 6.85. The Kier molecular flexibility index (Phi) is 6.77. The average Bonchev–Trinajstić information content (AvgIpc) is 2.35. The number of carbonyl (C=O) groups is 1. The molecule has 0 aromatic rings. The van der Waals surface area contributed by atoms with Gasteiger partial charge in [-0.05, 0) is 13.0 Å². The highest BCUT2D eigenvalue weighted by atomic mass is 16.2. The van der Waals surface area contributed by atoms with E-state index in [1.54, 1.807) is 0 Å². The van der Waals surface area contributed by atoms with Crippen LogP contribution < -0.4 is 5.32 Å². The number of carbonyl (C=O) groups excluding carboxylic acids is 1. The molecule has 0 bridgehead atoms. The van der Waals surface area contributed by atoms with Crippen molar-refractivity contribution in [3.8, 4) is 12.3 Å². The van der Waals surface area contributed by atoms with E-state index in [0.717, 1.165) is 39.1 Å². The van der Waals surface area contributed by atoms with Gasteiger partial charge in [-0.25, -0.2) is 0 Å². The average molecular weight is 251 g/mol. The van der Waals surface area contributed by atoms with Crippen LogP contribution in [-0.4, -0.2) is 61.0 Å². The quantitative estimate of drug-likeness (QED) is 0.553. The van der Waals surface area contributed by atoms with Crippen molar-refractivity contribution < 1.29 is 4.79 Å². The van der Waals surface area contributed by atoms with E-state index < -0.39 is 0 Å². The van der Waals surface area contributed by atoms with Gasteiger partial charge in [0.1, 0.15) is 0 Å². The molecular formula is C14H25N3O. The molecule has 0 radical (unpaired) electrons. The second kappa shape index (κ2) is 8.12. The molecule has 1 heterocycles. The number of hydrogen-bond acceptors (Lipinski definition) is 3. The Bertz CT molecular complexity index is 288. The van der Waals surface area contributed by atoms with Crippen LogP contribution in [0.5, 0.6) is 0 Å². The lowest BCUT2D eigenvalue weighted by atomic mass is 10.2. The van der Waals surface area contributed by atoms with Gasteiger partial charge in [-0.3, -0.25) is 9.69 Å². The van der Waals surface area contributed by atoms with Crippen molar-refractivity contribution in [2.75, 3.05) is 39.3 Å². The van der Waals surface area contributed by atoms with E-state index in [4.69, 9.17) is 6.42 Å². The van der Waals surface area contributed by atoms with Crippen LogP contribution in [0.1, 0.15) is 26.7 Å². The Morgan fingerprint density at radius 1 is 1.33 bits per heavy atom. The molecule has 18 heavy (non-hydrogen) atoms. The highest BCUT2D eigenvalue weighted by molar-refractivity contribution is 5.76. The molecule has 0 unspecified atom stereocenters. The second-order valence-electron chi connectivity index (χ2n) is 5.07. The van der Waals surface area contributed by atoms with Crippen molar-refractivity contribution in [3.05, 3.63) is 0 Å². The SMILES string of the molecule is C#CCN1CCN(C(=O)CCCNC(C)C)CC1. The van der Waals surface area contributed by atoms with Gasteiger partial charge in [0, 0.05) is 38.6 Å². The summed E-state index contributed by atoms with van der Waals surface area (Å²) in [6, 6.07) is 0.493. The summed E-state index contributed by atoms with van der Waals surface area (Å²) in [5.74, 6) is 2.93. The molecule has 4 nitrogen and oxygen atoms in total. The van der Waals surface area contributed by atoms with Gasteiger partial charge in [0.25, 0.3) is 0 Å². The van der Waals surface area contributed by atoms with Crippen molar-refractivity contribution >= 4 is 5.91 Å². The first-order valence-corrected chi connectivity index (χ1v) is 6.80. The molecule has 1 N–H and O–H groups in total. The smallest absolute Gasteiger partial charge is 0.222 e. The molecule has 0 aromatic carbocycles. The maximum absolute atomic E-state index is 11.9. The lowest BCUT2D eigenvalue weighted by Gasteiger charge is -2.33. The summed E-state index contributed by atoms with van der Waals surface area (Å²) in [4.78, 5) is 16.1. The molecule has 1 aliphatic rings. The van der Waals surface area contributed by atoms with Crippen molar-refractivity contribution in [1.82, 2.24) is 15.1 Å². The van der Waals surface area contributed by atoms with Gasteiger partial charge in [-0.1, -0.05) is 19.8 Å². The number of piperazine rings is 1. The number of rotatable bonds is 6. The molecule has 1 fully saturated rings. The molecule has 4 heteroatoms. The molecule has 0 aromatic heterocycles. The van der Waals surface area contributed by atoms with Crippen LogP contribution >= 0.6 is 0 Å². The first-order valence-electron chi connectivity index (χ1n) is 6.80. The highest BCUT2D eigenvalue weighted by Crippen LogP contribution is 2.04. The maximum atomic E-state index is 11.9. The summed E-state index contributed by atoms with van der Waals surface area (Å²) in [7, 11) is 0. The zero-order chi connectivity index (χ0) is 13.4. The number of terminal acetylenes is 1. The lowest BCUT2D eigenvalue weighted by molar-refractivity contribution is -0.132. The highest BCUT2D eigenvalue weighted by Gasteiger charge is 2.19. The first-order chi connectivity index (χ1) is 8.63. The normalized spacial score (nSPS) is 16.9. The molecule has 1 saturated heterocycles. The fourth-order valence-electron chi connectivity index (χ4n) is 2.07. The van der Waals surface area contributed by atoms with Crippen LogP contribution in [0, 0.1) is 12.3 Å². The van der Waals surface area contributed by atoms with E-state index in [0.29, 0.717) is 19.0 Å². The van der Waals surface area contributed by atoms with Crippen LogP contribution in [-0.2, 0) is 4.79 Å². The van der Waals surface area contributed by atoms with Crippen LogP contribution in [0.4, 0.5) is 0 Å². The first kappa shape index (κ1) is 15.0. The van der Waals surface area contributed by atoms with Crippen molar-refractivity contribution in [1.29, 1.82) is 0 Å². The summed E-state index contributed by atoms with van der Waals surface area (Å²) < 4.78 is 0. The Balaban J connectivity index is 2.14. The third-order valence-electron chi connectivity index (χ3n) is 3.16. The molecule has 1 rings (SSSR count). The Morgan fingerprint density at radius 3 is 2.56 bits per heavy atom. The molecule has 0 spiro atoms. The van der Waals surface area contributed by atoms with E-state index >= 15 is 0 Å². The zero-order valence-corrected chi connectivity index (χ0v) is 11.6. The standard InChI is InChI=1S/C14H25N3O/c1-4-8-16-9-11-17(12-10-16)14(18)6-5-7-15-13(2)3/h1,13,15H,5-12H2,2-3H3. The van der Waals surface area contributed by atoms with Gasteiger partial charge in [0.2, 0.25) is 5.91 Å². The van der Waals surface area contributed by atoms with Gasteiger partial charge in [0.05, 0.1) is 6.54 Å². The van der Waals surface area contributed by atoms with Crippen LogP contribution in [0.15, 0.2) is 0 Å². The Morgan fingerprint density at radius 2 is 2.00 bits per heavy atom. The predicted octanol–water partition coefficient (Wildman–Crippen LogP) is 0.542. The molecule has 102 valence electrons. The molecule has 0 saturated carbocycles. The molecule has 0 atom stereocenters. The number of nitrogens with one attached hydrogen (secondary N) is 1. The largest absolute Gasteiger partial charge is 0.340 e. The summed E-state index contributed by atoms with van der Waals surface area (Å²) in [6.45, 7) is 9.29. The third-order valence-corrected chi connectivity index (χ3v) is 3.16. The Hall–Kier alpha value is -1.05. The van der Waals surface area contributed by atoms with Crippen molar-refractivity contribution in [2.24, 2.45) is 0 Å². The van der Waals surface area contributed by atoms with Gasteiger partial charge >= 0.3 is 0 Å². The minimum Gasteiger partial charge on any atom is -0.340 e. The maximum Gasteiger partial charge on any atom is 0.222 e. The lowest BCUT2D eigenvalue weighted by Crippen LogP contribution is -2.48. The van der Waals surface area contributed by atoms with E-state index in [1.165, 1.54) is 0 Å². The molecule has 1 aliphatic heterocycles. The molecule has 0 aliphatic carbocycles. The molecular weight excluding hydrogens is 226 g/mol. The third kappa shape index (κ3) is 5.52. The summed E-state index contributed by atoms with van der Waals surface area (Å²) in [5, 5.41) is 3.33. The summed E-state index contributed by atoms with van der Waals surface area (Å²) >= 11 is 0. The second-order valence-corrected chi connectivity index (χ2v) is 5.07. The van der Waals surface area contributed by atoms with Crippen molar-refractivity contribution in [2.45, 2.75) is 32.7 Å². The van der Waals surface area contributed by atoms with E-state index in [9.17, 15) is 4.79 Å². The van der Waals surface area contributed by atoms with Gasteiger partial charge in [-0.2, -0.15) is 0 Å². The fraction of sp³-hybridized carbons (Fsp3) is 0.786. The monoisotopic (exact) mass is 251 g/mol. The molecule has 1 amide bonds. The number of amides is 1. The number of nitrogens with zero attached hydrogens (tertiary/aromatic N) is 2. The fourth-order valence-corrected chi connectivity index (χ4v) is 2.07. The van der Waals surface area contributed by atoms with Gasteiger partial charge < -0.3 is 10.2 Å². The van der Waals surface area contributed by atoms with E-state index in [-0.39, 0.29) is 5.91 Å². The van der Waals surface area contributed by atoms with Crippen LogP contribution in [0.25, 0.3) is 0 Å².